The number of nitrogen functional groups attached to an aromatic ring is 1. The van der Waals surface area contributed by atoms with Gasteiger partial charge in [-0.1, -0.05) is 12.1 Å². The molecule has 4 heteroatoms. The monoisotopic (exact) mass is 257 g/mol. The van der Waals surface area contributed by atoms with Gasteiger partial charge in [-0.3, -0.25) is 9.78 Å². The van der Waals surface area contributed by atoms with Crippen molar-refractivity contribution < 1.29 is 4.79 Å². The smallest absolute Gasteiger partial charge is 0.273 e. The van der Waals surface area contributed by atoms with E-state index in [9.17, 15) is 4.79 Å². The molecule has 0 bridgehead atoms. The minimum atomic E-state index is -0.0411. The van der Waals surface area contributed by atoms with Crippen LogP contribution in [0.4, 0.5) is 5.69 Å². The number of hydrogen-bond donors (Lipinski definition) is 1. The van der Waals surface area contributed by atoms with Gasteiger partial charge in [-0.2, -0.15) is 0 Å². The van der Waals surface area contributed by atoms with Crippen molar-refractivity contribution in [3.63, 3.8) is 0 Å². The molecule has 0 atom stereocenters. The lowest BCUT2D eigenvalue weighted by Crippen LogP contribution is -2.31. The van der Waals surface area contributed by atoms with Crippen LogP contribution < -0.4 is 5.73 Å². The van der Waals surface area contributed by atoms with Gasteiger partial charge >= 0.3 is 0 Å². The van der Waals surface area contributed by atoms with E-state index in [1.807, 2.05) is 39.0 Å². The van der Waals surface area contributed by atoms with Crippen molar-refractivity contribution >= 4 is 22.4 Å². The Morgan fingerprint density at radius 2 is 2.00 bits per heavy atom. The molecule has 0 aliphatic heterocycles. The largest absolute Gasteiger partial charge is 0.398 e. The molecule has 1 aromatic carbocycles. The summed E-state index contributed by atoms with van der Waals surface area (Å²) in [6, 6.07) is 5.61. The van der Waals surface area contributed by atoms with Gasteiger partial charge in [-0.05, 0) is 32.4 Å². The molecule has 100 valence electrons. The summed E-state index contributed by atoms with van der Waals surface area (Å²) in [6.07, 6.45) is 1.72. The second-order valence-electron chi connectivity index (χ2n) is 4.54. The lowest BCUT2D eigenvalue weighted by atomic mass is 10.0. The number of nitrogens with two attached hydrogens (primary N) is 1. The highest BCUT2D eigenvalue weighted by molar-refractivity contribution is 6.08. The highest BCUT2D eigenvalue weighted by Crippen LogP contribution is 2.26. The fraction of sp³-hybridized carbons (Fsp3) is 0.333. The number of pyridine rings is 1. The van der Waals surface area contributed by atoms with Crippen LogP contribution in [-0.4, -0.2) is 28.9 Å². The maximum Gasteiger partial charge on any atom is 0.273 e. The van der Waals surface area contributed by atoms with Crippen molar-refractivity contribution in [3.8, 4) is 0 Å². The summed E-state index contributed by atoms with van der Waals surface area (Å²) in [5, 5.41) is 1.75. The van der Waals surface area contributed by atoms with Crippen molar-refractivity contribution in [2.45, 2.75) is 20.8 Å². The molecule has 0 spiro atoms. The van der Waals surface area contributed by atoms with Crippen LogP contribution in [0.5, 0.6) is 0 Å². The van der Waals surface area contributed by atoms with E-state index in [2.05, 4.69) is 4.98 Å². The molecule has 0 saturated heterocycles. The zero-order valence-corrected chi connectivity index (χ0v) is 11.6. The molecule has 2 N–H and O–H groups in total. The Kier molecular flexibility index (Phi) is 3.69. The lowest BCUT2D eigenvalue weighted by Gasteiger charge is -2.19. The summed E-state index contributed by atoms with van der Waals surface area (Å²) in [4.78, 5) is 18.5. The van der Waals surface area contributed by atoms with Gasteiger partial charge in [0.15, 0.2) is 0 Å². The Hall–Kier alpha value is -2.10. The Bertz CT molecular complexity index is 610. The summed E-state index contributed by atoms with van der Waals surface area (Å²) in [5.74, 6) is -0.0411. The van der Waals surface area contributed by atoms with Gasteiger partial charge in [-0.15, -0.1) is 0 Å². The molecule has 0 saturated carbocycles. The van der Waals surface area contributed by atoms with Crippen LogP contribution in [-0.2, 0) is 0 Å². The number of amides is 1. The van der Waals surface area contributed by atoms with E-state index in [1.165, 1.54) is 0 Å². The number of nitrogens with zero attached hydrogens (tertiary/aromatic N) is 2. The van der Waals surface area contributed by atoms with E-state index < -0.39 is 0 Å². The first-order valence-electron chi connectivity index (χ1n) is 6.53. The Morgan fingerprint density at radius 1 is 1.32 bits per heavy atom. The van der Waals surface area contributed by atoms with Crippen molar-refractivity contribution in [3.05, 3.63) is 35.7 Å². The standard InChI is InChI=1S/C15H19N3O/c1-4-18(5-2)15(19)14-11-7-6-8-12(16)13(11)10(3)9-17-14/h6-9H,4-5,16H2,1-3H3. The number of carbonyl (C=O) groups is 1. The zero-order valence-electron chi connectivity index (χ0n) is 11.6. The first-order valence-corrected chi connectivity index (χ1v) is 6.53. The van der Waals surface area contributed by atoms with Gasteiger partial charge in [0, 0.05) is 35.7 Å². The van der Waals surface area contributed by atoms with Gasteiger partial charge in [-0.25, -0.2) is 0 Å². The molecular formula is C15H19N3O. The second kappa shape index (κ2) is 5.26. The van der Waals surface area contributed by atoms with E-state index in [0.29, 0.717) is 24.5 Å². The van der Waals surface area contributed by atoms with Gasteiger partial charge in [0.2, 0.25) is 0 Å². The predicted molar refractivity (Wildman–Crippen MR) is 78.1 cm³/mol. The minimum Gasteiger partial charge on any atom is -0.398 e. The van der Waals surface area contributed by atoms with Gasteiger partial charge in [0.25, 0.3) is 5.91 Å². The Balaban J connectivity index is 2.66. The normalized spacial score (nSPS) is 10.7. The number of hydrogen-bond acceptors (Lipinski definition) is 3. The molecule has 0 aliphatic carbocycles. The first-order chi connectivity index (χ1) is 9.10. The van der Waals surface area contributed by atoms with Crippen molar-refractivity contribution in [2.75, 3.05) is 18.8 Å². The van der Waals surface area contributed by atoms with Crippen molar-refractivity contribution in [1.82, 2.24) is 9.88 Å². The number of anilines is 1. The molecule has 0 aliphatic rings. The summed E-state index contributed by atoms with van der Waals surface area (Å²) in [7, 11) is 0. The Labute approximate surface area is 113 Å². The second-order valence-corrected chi connectivity index (χ2v) is 4.54. The molecule has 0 unspecified atom stereocenters. The van der Waals surface area contributed by atoms with Crippen LogP contribution in [0.15, 0.2) is 24.4 Å². The highest BCUT2D eigenvalue weighted by Gasteiger charge is 2.18. The third-order valence-electron chi connectivity index (χ3n) is 3.39. The summed E-state index contributed by atoms with van der Waals surface area (Å²) in [6.45, 7) is 7.24. The van der Waals surface area contributed by atoms with Gasteiger partial charge in [0.1, 0.15) is 5.69 Å². The maximum atomic E-state index is 12.5. The number of fused-ring (bicyclic) bond motifs is 1. The molecular weight excluding hydrogens is 238 g/mol. The fourth-order valence-electron chi connectivity index (χ4n) is 2.33. The quantitative estimate of drug-likeness (QED) is 0.860. The number of aryl methyl sites for hydroxylation is 1. The summed E-state index contributed by atoms with van der Waals surface area (Å²) < 4.78 is 0. The first kappa shape index (κ1) is 13.3. The lowest BCUT2D eigenvalue weighted by molar-refractivity contribution is 0.0769. The molecule has 19 heavy (non-hydrogen) atoms. The zero-order chi connectivity index (χ0) is 14.0. The number of benzene rings is 1. The molecule has 0 fully saturated rings. The van der Waals surface area contributed by atoms with Gasteiger partial charge < -0.3 is 10.6 Å². The molecule has 2 aromatic rings. The van der Waals surface area contributed by atoms with Crippen LogP contribution >= 0.6 is 0 Å². The average molecular weight is 257 g/mol. The molecule has 1 heterocycles. The van der Waals surface area contributed by atoms with E-state index in [-0.39, 0.29) is 5.91 Å². The average Bonchev–Trinajstić information content (AvgIpc) is 2.40. The number of rotatable bonds is 3. The third-order valence-corrected chi connectivity index (χ3v) is 3.39. The molecule has 1 amide bonds. The van der Waals surface area contributed by atoms with Gasteiger partial charge in [0.05, 0.1) is 0 Å². The SMILES string of the molecule is CCN(CC)C(=O)c1ncc(C)c2c(N)cccc12. The van der Waals surface area contributed by atoms with E-state index in [4.69, 9.17) is 5.73 Å². The van der Waals surface area contributed by atoms with E-state index in [0.717, 1.165) is 16.3 Å². The fourth-order valence-corrected chi connectivity index (χ4v) is 2.33. The van der Waals surface area contributed by atoms with Crippen LogP contribution in [0, 0.1) is 6.92 Å². The van der Waals surface area contributed by atoms with E-state index >= 15 is 0 Å². The topological polar surface area (TPSA) is 59.2 Å². The third kappa shape index (κ3) is 2.26. The van der Waals surface area contributed by atoms with Crippen LogP contribution in [0.2, 0.25) is 0 Å². The maximum absolute atomic E-state index is 12.5. The van der Waals surface area contributed by atoms with E-state index in [1.54, 1.807) is 11.1 Å². The molecule has 4 nitrogen and oxygen atoms in total. The number of carbonyl (C=O) groups excluding carboxylic acids is 1. The Morgan fingerprint density at radius 3 is 2.63 bits per heavy atom. The molecule has 1 aromatic heterocycles. The number of aromatic nitrogens is 1. The van der Waals surface area contributed by atoms with Crippen LogP contribution in [0.1, 0.15) is 29.9 Å². The van der Waals surface area contributed by atoms with Crippen LogP contribution in [0.25, 0.3) is 10.8 Å². The molecule has 0 radical (unpaired) electrons. The van der Waals surface area contributed by atoms with Crippen molar-refractivity contribution in [2.24, 2.45) is 0 Å². The predicted octanol–water partition coefficient (Wildman–Crippen LogP) is 2.61. The molecule has 2 rings (SSSR count). The highest BCUT2D eigenvalue weighted by atomic mass is 16.2. The minimum absolute atomic E-state index is 0.0411. The van der Waals surface area contributed by atoms with Crippen molar-refractivity contribution in [1.29, 1.82) is 0 Å². The summed E-state index contributed by atoms with van der Waals surface area (Å²) in [5.41, 5.74) is 8.17. The van der Waals surface area contributed by atoms with Crippen LogP contribution in [0.3, 0.4) is 0 Å². The summed E-state index contributed by atoms with van der Waals surface area (Å²) >= 11 is 0.